The third-order valence-corrected chi connectivity index (χ3v) is 2.24. The number of para-hydroxylation sites is 2. The topological polar surface area (TPSA) is 78.4 Å². The van der Waals surface area contributed by atoms with Gasteiger partial charge in [0.2, 0.25) is 0 Å². The van der Waals surface area contributed by atoms with E-state index in [1.165, 1.54) is 0 Å². The van der Waals surface area contributed by atoms with Gasteiger partial charge in [0, 0.05) is 12.8 Å². The lowest BCUT2D eigenvalue weighted by molar-refractivity contribution is -0.144. The molecule has 5 heteroatoms. The summed E-state index contributed by atoms with van der Waals surface area (Å²) in [5, 5.41) is 0. The fourth-order valence-electron chi connectivity index (χ4n) is 1.47. The number of hydrogen-bond donors (Lipinski definition) is 1. The molecule has 1 aromatic carbocycles. The smallest absolute Gasteiger partial charge is 0.324 e. The van der Waals surface area contributed by atoms with Crippen LogP contribution in [0.15, 0.2) is 28.7 Å². The number of nitrogens with zero attached hydrogens (tertiary/aromatic N) is 1. The predicted molar refractivity (Wildman–Crippen MR) is 57.2 cm³/mol. The molecule has 2 rings (SSSR count). The van der Waals surface area contributed by atoms with E-state index in [-0.39, 0.29) is 6.42 Å². The monoisotopic (exact) mass is 220 g/mol. The van der Waals surface area contributed by atoms with Crippen molar-refractivity contribution in [1.82, 2.24) is 4.98 Å². The van der Waals surface area contributed by atoms with Gasteiger partial charge in [-0.2, -0.15) is 5.90 Å². The Balaban J connectivity index is 1.97. The Bertz CT molecular complexity index is 460. The maximum absolute atomic E-state index is 10.8. The second kappa shape index (κ2) is 4.76. The summed E-state index contributed by atoms with van der Waals surface area (Å²) in [4.78, 5) is 19.1. The molecule has 0 aliphatic heterocycles. The number of carbonyl (C=O) groups excluding carboxylic acids is 1. The first-order valence-electron chi connectivity index (χ1n) is 5.03. The van der Waals surface area contributed by atoms with Crippen molar-refractivity contribution in [3.8, 4) is 0 Å². The van der Waals surface area contributed by atoms with E-state index in [0.29, 0.717) is 18.7 Å². The Morgan fingerprint density at radius 2 is 2.25 bits per heavy atom. The van der Waals surface area contributed by atoms with Crippen molar-refractivity contribution in [1.29, 1.82) is 0 Å². The van der Waals surface area contributed by atoms with Gasteiger partial charge >= 0.3 is 5.97 Å². The largest absolute Gasteiger partial charge is 0.441 e. The van der Waals surface area contributed by atoms with E-state index >= 15 is 0 Å². The third kappa shape index (κ3) is 2.38. The molecular weight excluding hydrogens is 208 g/mol. The Morgan fingerprint density at radius 1 is 1.44 bits per heavy atom. The summed E-state index contributed by atoms with van der Waals surface area (Å²) in [5.41, 5.74) is 1.60. The molecule has 84 valence electrons. The summed E-state index contributed by atoms with van der Waals surface area (Å²) in [7, 11) is 0. The number of nitrogens with two attached hydrogens (primary N) is 1. The molecule has 0 aliphatic carbocycles. The third-order valence-electron chi connectivity index (χ3n) is 2.24. The fourth-order valence-corrected chi connectivity index (χ4v) is 1.47. The summed E-state index contributed by atoms with van der Waals surface area (Å²) in [6.07, 6.45) is 1.49. The Morgan fingerprint density at radius 3 is 3.00 bits per heavy atom. The summed E-state index contributed by atoms with van der Waals surface area (Å²) < 4.78 is 5.49. The molecule has 0 spiro atoms. The molecule has 0 aliphatic rings. The van der Waals surface area contributed by atoms with E-state index in [2.05, 4.69) is 9.82 Å². The Kier molecular flexibility index (Phi) is 3.16. The van der Waals surface area contributed by atoms with Crippen LogP contribution >= 0.6 is 0 Å². The maximum atomic E-state index is 10.8. The maximum Gasteiger partial charge on any atom is 0.324 e. The lowest BCUT2D eigenvalue weighted by Gasteiger charge is -1.95. The van der Waals surface area contributed by atoms with Crippen molar-refractivity contribution in [2.45, 2.75) is 19.3 Å². The first-order valence-corrected chi connectivity index (χ1v) is 5.03. The first-order chi connectivity index (χ1) is 7.79. The van der Waals surface area contributed by atoms with Crippen molar-refractivity contribution < 1.29 is 14.0 Å². The number of hydrogen-bond acceptors (Lipinski definition) is 5. The van der Waals surface area contributed by atoms with Gasteiger partial charge in [-0.25, -0.2) is 4.98 Å². The molecular formula is C11H12N2O3. The van der Waals surface area contributed by atoms with Crippen molar-refractivity contribution in [3.63, 3.8) is 0 Å². The van der Waals surface area contributed by atoms with Gasteiger partial charge in [0.05, 0.1) is 0 Å². The number of fused-ring (bicyclic) bond motifs is 1. The van der Waals surface area contributed by atoms with Crippen molar-refractivity contribution in [2.75, 3.05) is 0 Å². The van der Waals surface area contributed by atoms with Crippen molar-refractivity contribution in [3.05, 3.63) is 30.2 Å². The summed E-state index contributed by atoms with van der Waals surface area (Å²) in [6, 6.07) is 7.54. The normalized spacial score (nSPS) is 10.6. The van der Waals surface area contributed by atoms with Crippen LogP contribution < -0.4 is 5.90 Å². The Labute approximate surface area is 92.2 Å². The Hall–Kier alpha value is -1.88. The number of aromatic nitrogens is 1. The molecule has 2 N–H and O–H groups in total. The summed E-state index contributed by atoms with van der Waals surface area (Å²) >= 11 is 0. The van der Waals surface area contributed by atoms with Crippen LogP contribution in [-0.4, -0.2) is 11.0 Å². The lowest BCUT2D eigenvalue weighted by atomic mass is 10.2. The highest BCUT2D eigenvalue weighted by Crippen LogP contribution is 2.15. The van der Waals surface area contributed by atoms with E-state index < -0.39 is 5.97 Å². The van der Waals surface area contributed by atoms with Crippen molar-refractivity contribution >= 4 is 17.1 Å². The average molecular weight is 220 g/mol. The van der Waals surface area contributed by atoms with Gasteiger partial charge in [0.25, 0.3) is 0 Å². The zero-order valence-electron chi connectivity index (χ0n) is 8.68. The van der Waals surface area contributed by atoms with Gasteiger partial charge in [0.1, 0.15) is 5.52 Å². The zero-order valence-corrected chi connectivity index (χ0v) is 8.68. The zero-order chi connectivity index (χ0) is 11.4. The van der Waals surface area contributed by atoms with E-state index in [1.807, 2.05) is 24.3 Å². The van der Waals surface area contributed by atoms with Crippen LogP contribution in [-0.2, 0) is 16.1 Å². The highest BCUT2D eigenvalue weighted by molar-refractivity contribution is 5.72. The first kappa shape index (κ1) is 10.6. The SMILES string of the molecule is NOC(=O)CCCc1nc2ccccc2o1. The van der Waals surface area contributed by atoms with E-state index in [9.17, 15) is 4.79 Å². The van der Waals surface area contributed by atoms with Gasteiger partial charge in [-0.1, -0.05) is 12.1 Å². The van der Waals surface area contributed by atoms with Crippen LogP contribution in [0, 0.1) is 0 Å². The molecule has 0 fully saturated rings. The minimum absolute atomic E-state index is 0.273. The van der Waals surface area contributed by atoms with Crippen LogP contribution in [0.25, 0.3) is 11.1 Å². The number of carbonyl (C=O) groups is 1. The molecule has 0 bridgehead atoms. The van der Waals surface area contributed by atoms with E-state index in [4.69, 9.17) is 10.3 Å². The average Bonchev–Trinajstić information content (AvgIpc) is 2.71. The molecule has 5 nitrogen and oxygen atoms in total. The summed E-state index contributed by atoms with van der Waals surface area (Å²) in [6.45, 7) is 0. The molecule has 16 heavy (non-hydrogen) atoms. The van der Waals surface area contributed by atoms with E-state index in [1.54, 1.807) is 0 Å². The molecule has 0 saturated heterocycles. The molecule has 0 unspecified atom stereocenters. The highest BCUT2D eigenvalue weighted by Gasteiger charge is 2.06. The van der Waals surface area contributed by atoms with Gasteiger partial charge in [0.15, 0.2) is 11.5 Å². The molecule has 0 radical (unpaired) electrons. The molecule has 1 heterocycles. The van der Waals surface area contributed by atoms with Gasteiger partial charge in [-0.05, 0) is 18.6 Å². The fraction of sp³-hybridized carbons (Fsp3) is 0.273. The van der Waals surface area contributed by atoms with E-state index in [0.717, 1.165) is 11.1 Å². The van der Waals surface area contributed by atoms with Gasteiger partial charge in [-0.3, -0.25) is 4.79 Å². The van der Waals surface area contributed by atoms with Gasteiger partial charge < -0.3 is 9.25 Å². The van der Waals surface area contributed by atoms with Crippen molar-refractivity contribution in [2.24, 2.45) is 5.90 Å². The number of benzene rings is 1. The second-order valence-electron chi connectivity index (χ2n) is 3.42. The molecule has 0 saturated carbocycles. The number of aryl methyl sites for hydroxylation is 1. The molecule has 1 aromatic heterocycles. The standard InChI is InChI=1S/C11H12N2O3/c12-16-11(14)7-3-6-10-13-8-4-1-2-5-9(8)15-10/h1-2,4-5H,3,6-7,12H2. The minimum atomic E-state index is -0.420. The number of rotatable bonds is 4. The molecule has 0 atom stereocenters. The number of oxazole rings is 1. The van der Waals surface area contributed by atoms with Crippen LogP contribution in [0.1, 0.15) is 18.7 Å². The van der Waals surface area contributed by atoms with Crippen LogP contribution in [0.3, 0.4) is 0 Å². The summed E-state index contributed by atoms with van der Waals surface area (Å²) in [5.74, 6) is 4.93. The van der Waals surface area contributed by atoms with Crippen LogP contribution in [0.2, 0.25) is 0 Å². The second-order valence-corrected chi connectivity index (χ2v) is 3.42. The highest BCUT2D eigenvalue weighted by atomic mass is 16.7. The molecule has 0 amide bonds. The van der Waals surface area contributed by atoms with Gasteiger partial charge in [-0.15, -0.1) is 0 Å². The quantitative estimate of drug-likeness (QED) is 0.791. The van der Waals surface area contributed by atoms with Crippen LogP contribution in [0.5, 0.6) is 0 Å². The molecule has 2 aromatic rings. The lowest BCUT2D eigenvalue weighted by Crippen LogP contribution is -2.09. The van der Waals surface area contributed by atoms with Crippen LogP contribution in [0.4, 0.5) is 0 Å². The predicted octanol–water partition coefficient (Wildman–Crippen LogP) is 1.57. The minimum Gasteiger partial charge on any atom is -0.441 e.